The predicted octanol–water partition coefficient (Wildman–Crippen LogP) is 5.06. The van der Waals surface area contributed by atoms with Crippen molar-refractivity contribution in [2.45, 2.75) is 11.9 Å². The van der Waals surface area contributed by atoms with Gasteiger partial charge in [-0.05, 0) is 39.7 Å². The number of halogens is 3. The van der Waals surface area contributed by atoms with E-state index in [0.717, 1.165) is 22.2 Å². The smallest absolute Gasteiger partial charge is 0.137 e. The molecule has 0 unspecified atom stereocenters. The average Bonchev–Trinajstić information content (AvgIpc) is 2.41. The van der Waals surface area contributed by atoms with Crippen LogP contribution in [0.2, 0.25) is 0 Å². The molecular formula is C14H11Br2FO. The zero-order valence-electron chi connectivity index (χ0n) is 9.50. The fourth-order valence-electron chi connectivity index (χ4n) is 1.54. The van der Waals surface area contributed by atoms with Crippen LogP contribution in [-0.2, 0) is 11.9 Å². The van der Waals surface area contributed by atoms with Crippen molar-refractivity contribution in [1.29, 1.82) is 0 Å². The van der Waals surface area contributed by atoms with Gasteiger partial charge in [0.1, 0.15) is 18.2 Å². The van der Waals surface area contributed by atoms with E-state index < -0.39 is 0 Å². The minimum Gasteiger partial charge on any atom is -0.489 e. The average molecular weight is 374 g/mol. The second-order valence-corrected chi connectivity index (χ2v) is 5.14. The first-order valence-electron chi connectivity index (χ1n) is 5.41. The number of hydrogen-bond donors (Lipinski definition) is 0. The van der Waals surface area contributed by atoms with Crippen molar-refractivity contribution in [3.63, 3.8) is 0 Å². The number of ether oxygens (including phenoxy) is 1. The van der Waals surface area contributed by atoms with Crippen LogP contribution in [0.5, 0.6) is 5.75 Å². The Bertz CT molecular complexity index is 543. The molecule has 0 fully saturated rings. The van der Waals surface area contributed by atoms with Crippen LogP contribution in [0.4, 0.5) is 4.39 Å². The van der Waals surface area contributed by atoms with Crippen molar-refractivity contribution in [3.8, 4) is 5.75 Å². The van der Waals surface area contributed by atoms with E-state index in [9.17, 15) is 4.39 Å². The van der Waals surface area contributed by atoms with Gasteiger partial charge in [-0.1, -0.05) is 40.2 Å². The number of benzene rings is 2. The highest BCUT2D eigenvalue weighted by Crippen LogP contribution is 2.23. The Balaban J connectivity index is 2.09. The maximum atomic E-state index is 13.3. The van der Waals surface area contributed by atoms with Crippen LogP contribution in [0.3, 0.4) is 0 Å². The van der Waals surface area contributed by atoms with Gasteiger partial charge in [0, 0.05) is 10.9 Å². The third kappa shape index (κ3) is 3.33. The van der Waals surface area contributed by atoms with Crippen LogP contribution < -0.4 is 4.74 Å². The minimum atomic E-state index is -0.273. The molecule has 0 spiro atoms. The lowest BCUT2D eigenvalue weighted by molar-refractivity contribution is 0.304. The molecule has 2 aromatic rings. The van der Waals surface area contributed by atoms with Gasteiger partial charge in [-0.2, -0.15) is 0 Å². The Kier molecular flexibility index (Phi) is 4.78. The Labute approximate surface area is 122 Å². The normalized spacial score (nSPS) is 10.4. The molecule has 2 rings (SSSR count). The molecule has 94 valence electrons. The summed E-state index contributed by atoms with van der Waals surface area (Å²) >= 11 is 6.62. The Morgan fingerprint density at radius 3 is 2.67 bits per heavy atom. The summed E-state index contributed by atoms with van der Waals surface area (Å²) in [6.07, 6.45) is 0. The monoisotopic (exact) mass is 372 g/mol. The van der Waals surface area contributed by atoms with Gasteiger partial charge >= 0.3 is 0 Å². The Hall–Kier alpha value is -0.870. The molecule has 0 atom stereocenters. The quantitative estimate of drug-likeness (QED) is 0.680. The van der Waals surface area contributed by atoms with Gasteiger partial charge in [-0.25, -0.2) is 4.39 Å². The molecule has 0 aromatic heterocycles. The maximum absolute atomic E-state index is 13.3. The molecule has 0 heterocycles. The summed E-state index contributed by atoms with van der Waals surface area (Å²) in [4.78, 5) is 0. The summed E-state index contributed by atoms with van der Waals surface area (Å²) in [5.41, 5.74) is 1.94. The first-order valence-corrected chi connectivity index (χ1v) is 7.32. The first kappa shape index (κ1) is 13.6. The van der Waals surface area contributed by atoms with Crippen LogP contribution in [0, 0.1) is 5.82 Å². The van der Waals surface area contributed by atoms with Gasteiger partial charge in [0.25, 0.3) is 0 Å². The van der Waals surface area contributed by atoms with Gasteiger partial charge in [-0.3, -0.25) is 0 Å². The zero-order chi connectivity index (χ0) is 13.0. The maximum Gasteiger partial charge on any atom is 0.137 e. The van der Waals surface area contributed by atoms with E-state index in [2.05, 4.69) is 31.9 Å². The van der Waals surface area contributed by atoms with Crippen molar-refractivity contribution in [2.75, 3.05) is 0 Å². The molecule has 1 nitrogen and oxygen atoms in total. The zero-order valence-corrected chi connectivity index (χ0v) is 12.7. The summed E-state index contributed by atoms with van der Waals surface area (Å²) in [5, 5.41) is 0.786. The number of rotatable bonds is 4. The summed E-state index contributed by atoms with van der Waals surface area (Å²) in [6, 6.07) is 12.7. The van der Waals surface area contributed by atoms with Crippen molar-refractivity contribution in [3.05, 3.63) is 63.9 Å². The van der Waals surface area contributed by atoms with E-state index >= 15 is 0 Å². The highest BCUT2D eigenvalue weighted by atomic mass is 79.9. The lowest BCUT2D eigenvalue weighted by atomic mass is 10.2. The molecule has 0 saturated carbocycles. The molecule has 0 saturated heterocycles. The lowest BCUT2D eigenvalue weighted by Crippen LogP contribution is -1.98. The number of hydrogen-bond acceptors (Lipinski definition) is 1. The molecule has 0 N–H and O–H groups in total. The van der Waals surface area contributed by atoms with Crippen molar-refractivity contribution in [1.82, 2.24) is 0 Å². The Morgan fingerprint density at radius 1 is 1.11 bits per heavy atom. The van der Waals surface area contributed by atoms with E-state index in [-0.39, 0.29) is 5.82 Å². The Morgan fingerprint density at radius 2 is 1.89 bits per heavy atom. The molecule has 0 aliphatic heterocycles. The molecule has 2 aromatic carbocycles. The molecule has 0 radical (unpaired) electrons. The minimum absolute atomic E-state index is 0.273. The SMILES string of the molecule is Fc1cccc(COc2cccc(CBr)c2)c1Br. The van der Waals surface area contributed by atoms with Crippen molar-refractivity contribution >= 4 is 31.9 Å². The van der Waals surface area contributed by atoms with Gasteiger partial charge in [-0.15, -0.1) is 0 Å². The van der Waals surface area contributed by atoms with Crippen LogP contribution in [0.1, 0.15) is 11.1 Å². The van der Waals surface area contributed by atoms with Crippen LogP contribution >= 0.6 is 31.9 Å². The molecule has 18 heavy (non-hydrogen) atoms. The van der Waals surface area contributed by atoms with Crippen molar-refractivity contribution < 1.29 is 9.13 Å². The van der Waals surface area contributed by atoms with E-state index in [0.29, 0.717) is 11.1 Å². The van der Waals surface area contributed by atoms with Crippen LogP contribution in [0.25, 0.3) is 0 Å². The number of alkyl halides is 1. The highest BCUT2D eigenvalue weighted by molar-refractivity contribution is 9.10. The summed E-state index contributed by atoms with van der Waals surface area (Å²) < 4.78 is 19.4. The van der Waals surface area contributed by atoms with Gasteiger partial charge in [0.15, 0.2) is 0 Å². The molecule has 0 aliphatic rings. The third-order valence-electron chi connectivity index (χ3n) is 2.48. The standard InChI is InChI=1S/C14H11Br2FO/c15-8-10-3-1-5-12(7-10)18-9-11-4-2-6-13(17)14(11)16/h1-7H,8-9H2. The largest absolute Gasteiger partial charge is 0.489 e. The lowest BCUT2D eigenvalue weighted by Gasteiger charge is -2.09. The molecule has 0 amide bonds. The molecule has 0 aliphatic carbocycles. The van der Waals surface area contributed by atoms with Gasteiger partial charge in [0.05, 0.1) is 4.47 Å². The first-order chi connectivity index (χ1) is 8.70. The van der Waals surface area contributed by atoms with E-state index in [4.69, 9.17) is 4.74 Å². The predicted molar refractivity (Wildman–Crippen MR) is 77.5 cm³/mol. The third-order valence-corrected chi connectivity index (χ3v) is 4.01. The molecule has 4 heteroatoms. The topological polar surface area (TPSA) is 9.23 Å². The molecular weight excluding hydrogens is 363 g/mol. The van der Waals surface area contributed by atoms with E-state index in [1.165, 1.54) is 6.07 Å². The highest BCUT2D eigenvalue weighted by Gasteiger charge is 2.05. The second kappa shape index (κ2) is 6.34. The van der Waals surface area contributed by atoms with Crippen molar-refractivity contribution in [2.24, 2.45) is 0 Å². The van der Waals surface area contributed by atoms with Crippen LogP contribution in [-0.4, -0.2) is 0 Å². The van der Waals surface area contributed by atoms with E-state index in [1.807, 2.05) is 30.3 Å². The summed E-state index contributed by atoms with van der Waals surface area (Å²) in [5.74, 6) is 0.508. The fraction of sp³-hybridized carbons (Fsp3) is 0.143. The van der Waals surface area contributed by atoms with E-state index in [1.54, 1.807) is 6.07 Å². The van der Waals surface area contributed by atoms with Crippen LogP contribution in [0.15, 0.2) is 46.9 Å². The van der Waals surface area contributed by atoms with Gasteiger partial charge < -0.3 is 4.74 Å². The second-order valence-electron chi connectivity index (χ2n) is 3.78. The fourth-order valence-corrected chi connectivity index (χ4v) is 2.27. The summed E-state index contributed by atoms with van der Waals surface area (Å²) in [7, 11) is 0. The molecule has 0 bridgehead atoms. The summed E-state index contributed by atoms with van der Waals surface area (Å²) in [6.45, 7) is 0.337. The van der Waals surface area contributed by atoms with Gasteiger partial charge in [0.2, 0.25) is 0 Å².